The van der Waals surface area contributed by atoms with Gasteiger partial charge in [-0.2, -0.15) is 0 Å². The van der Waals surface area contributed by atoms with E-state index in [-0.39, 0.29) is 37.6 Å². The molecule has 0 unspecified atom stereocenters. The van der Waals surface area contributed by atoms with Crippen LogP contribution in [0.15, 0.2) is 47.8 Å². The van der Waals surface area contributed by atoms with Gasteiger partial charge in [-0.3, -0.25) is 15.0 Å². The van der Waals surface area contributed by atoms with Crippen LogP contribution in [0.1, 0.15) is 29.7 Å². The van der Waals surface area contributed by atoms with Gasteiger partial charge in [0.25, 0.3) is 0 Å². The molecule has 6 nitrogen and oxygen atoms in total. The van der Waals surface area contributed by atoms with Crippen LogP contribution in [0.5, 0.6) is 0 Å². The molecule has 7 heteroatoms. The second-order valence-electron chi connectivity index (χ2n) is 5.24. The predicted octanol–water partition coefficient (Wildman–Crippen LogP) is 2.67. The number of benzene rings is 1. The van der Waals surface area contributed by atoms with E-state index in [1.54, 1.807) is 24.3 Å². The molecule has 0 aliphatic heterocycles. The predicted molar refractivity (Wildman–Crippen MR) is 94.4 cm³/mol. The van der Waals surface area contributed by atoms with E-state index in [2.05, 4.69) is 5.32 Å². The van der Waals surface area contributed by atoms with Gasteiger partial charge in [0.2, 0.25) is 11.7 Å². The molecule has 0 aliphatic rings. The highest BCUT2D eigenvalue weighted by atomic mass is 32.1. The van der Waals surface area contributed by atoms with Crippen LogP contribution in [0.25, 0.3) is 0 Å². The number of nitrogens with one attached hydrogen (secondary N) is 2. The average molecular weight is 358 g/mol. The molecule has 130 valence electrons. The lowest BCUT2D eigenvalue weighted by Gasteiger charge is -2.05. The number of thiophene rings is 1. The van der Waals surface area contributed by atoms with E-state index in [0.29, 0.717) is 4.88 Å². The van der Waals surface area contributed by atoms with Crippen molar-refractivity contribution in [2.45, 2.75) is 25.9 Å². The minimum atomic E-state index is -0.893. The summed E-state index contributed by atoms with van der Waals surface area (Å²) in [6.45, 7) is 0.0455. The molecular weight excluding hydrogens is 340 g/mol. The largest absolute Gasteiger partial charge is 0.455 e. The fourth-order valence-corrected chi connectivity index (χ4v) is 2.63. The van der Waals surface area contributed by atoms with Crippen molar-refractivity contribution in [1.29, 1.82) is 5.41 Å². The first-order valence-corrected chi connectivity index (χ1v) is 8.60. The zero-order chi connectivity index (χ0) is 18.1. The van der Waals surface area contributed by atoms with Crippen LogP contribution < -0.4 is 5.32 Å². The van der Waals surface area contributed by atoms with Gasteiger partial charge in [0, 0.05) is 12.8 Å². The third kappa shape index (κ3) is 6.31. The van der Waals surface area contributed by atoms with Gasteiger partial charge in [-0.05, 0) is 23.4 Å². The van der Waals surface area contributed by atoms with Crippen LogP contribution in [-0.4, -0.2) is 23.5 Å². The maximum Gasteiger partial charge on any atom is 0.374 e. The van der Waals surface area contributed by atoms with Crippen molar-refractivity contribution in [3.63, 3.8) is 0 Å². The summed E-state index contributed by atoms with van der Waals surface area (Å²) in [6.07, 6.45) is 0.224. The van der Waals surface area contributed by atoms with E-state index in [0.717, 1.165) is 5.56 Å². The number of Topliss-reactive ketones (excluding diaryl/α,β-unsaturated/α-hetero) is 1. The lowest BCUT2D eigenvalue weighted by Crippen LogP contribution is -2.29. The molecule has 0 atom stereocenters. The van der Waals surface area contributed by atoms with Gasteiger partial charge in [-0.25, -0.2) is 4.79 Å². The summed E-state index contributed by atoms with van der Waals surface area (Å²) in [5.41, 5.74) is 0.801. The first-order chi connectivity index (χ1) is 12.1. The normalized spacial score (nSPS) is 10.1. The molecule has 1 aromatic carbocycles. The summed E-state index contributed by atoms with van der Waals surface area (Å²) >= 11 is 1.35. The molecule has 1 heterocycles. The van der Waals surface area contributed by atoms with Gasteiger partial charge in [-0.15, -0.1) is 11.3 Å². The minimum Gasteiger partial charge on any atom is -0.455 e. The standard InChI is InChI=1S/C18H18N2O4S/c19-17(15-9-5-11-25-15)20-16(22)10-4-8-14(21)18(23)24-12-13-6-2-1-3-7-13/h1-3,5-7,9,11H,4,8,10,12H2,(H2,19,20,22). The summed E-state index contributed by atoms with van der Waals surface area (Å²) in [4.78, 5) is 35.7. The minimum absolute atomic E-state index is 0.0357. The van der Waals surface area contributed by atoms with E-state index in [4.69, 9.17) is 10.1 Å². The first kappa shape index (κ1) is 18.5. The van der Waals surface area contributed by atoms with Crippen LogP contribution in [0.2, 0.25) is 0 Å². The van der Waals surface area contributed by atoms with Crippen LogP contribution in [0, 0.1) is 5.41 Å². The average Bonchev–Trinajstić information content (AvgIpc) is 3.15. The Kier molecular flexibility index (Phi) is 7.03. The Morgan fingerprint density at radius 1 is 1.04 bits per heavy atom. The first-order valence-electron chi connectivity index (χ1n) is 7.72. The molecule has 25 heavy (non-hydrogen) atoms. The third-order valence-corrected chi connectivity index (χ3v) is 4.17. The number of carbonyl (C=O) groups is 3. The fourth-order valence-electron chi connectivity index (χ4n) is 2.00. The van der Waals surface area contributed by atoms with Gasteiger partial charge in [0.1, 0.15) is 12.4 Å². The number of carbonyl (C=O) groups excluding carboxylic acids is 3. The van der Waals surface area contributed by atoms with E-state index in [1.165, 1.54) is 11.3 Å². The Labute approximate surface area is 149 Å². The lowest BCUT2D eigenvalue weighted by molar-refractivity contribution is -0.155. The van der Waals surface area contributed by atoms with Crippen LogP contribution in [-0.2, 0) is 25.7 Å². The quantitative estimate of drug-likeness (QED) is 0.328. The van der Waals surface area contributed by atoms with E-state index in [1.807, 2.05) is 23.6 Å². The van der Waals surface area contributed by atoms with Gasteiger partial charge in [0.05, 0.1) is 4.88 Å². The number of ether oxygens (including phenoxy) is 1. The second-order valence-corrected chi connectivity index (χ2v) is 6.19. The van der Waals surface area contributed by atoms with Gasteiger partial charge in [-0.1, -0.05) is 36.4 Å². The maximum atomic E-state index is 11.7. The molecule has 0 radical (unpaired) electrons. The van der Waals surface area contributed by atoms with Gasteiger partial charge in [0.15, 0.2) is 0 Å². The number of hydrogen-bond donors (Lipinski definition) is 2. The third-order valence-electron chi connectivity index (χ3n) is 3.28. The summed E-state index contributed by atoms with van der Waals surface area (Å²) in [5.74, 6) is -1.87. The SMILES string of the molecule is N=C(NC(=O)CCCC(=O)C(=O)OCc1ccccc1)c1cccs1. The monoisotopic (exact) mass is 358 g/mol. The van der Waals surface area contributed by atoms with Crippen molar-refractivity contribution >= 4 is 34.8 Å². The van der Waals surface area contributed by atoms with Crippen molar-refractivity contribution in [1.82, 2.24) is 5.32 Å². The molecule has 0 fully saturated rings. The lowest BCUT2D eigenvalue weighted by atomic mass is 10.1. The molecule has 0 saturated heterocycles. The molecular formula is C18H18N2O4S. The Bertz CT molecular complexity index is 742. The van der Waals surface area contributed by atoms with Crippen LogP contribution >= 0.6 is 11.3 Å². The topological polar surface area (TPSA) is 96.3 Å². The zero-order valence-corrected chi connectivity index (χ0v) is 14.3. The van der Waals surface area contributed by atoms with Crippen LogP contribution in [0.4, 0.5) is 0 Å². The molecule has 2 aromatic rings. The molecule has 1 aromatic heterocycles. The highest BCUT2D eigenvalue weighted by Gasteiger charge is 2.16. The fraction of sp³-hybridized carbons (Fsp3) is 0.222. The molecule has 0 spiro atoms. The molecule has 0 bridgehead atoms. The van der Waals surface area contributed by atoms with E-state index in [9.17, 15) is 14.4 Å². The zero-order valence-electron chi connectivity index (χ0n) is 13.5. The summed E-state index contributed by atoms with van der Waals surface area (Å²) in [5, 5.41) is 12.0. The Morgan fingerprint density at radius 3 is 2.48 bits per heavy atom. The summed E-state index contributed by atoms with van der Waals surface area (Å²) < 4.78 is 4.94. The van der Waals surface area contributed by atoms with Crippen molar-refractivity contribution in [3.8, 4) is 0 Å². The highest BCUT2D eigenvalue weighted by molar-refractivity contribution is 7.12. The summed E-state index contributed by atoms with van der Waals surface area (Å²) in [6, 6.07) is 12.6. The molecule has 0 aliphatic carbocycles. The van der Waals surface area contributed by atoms with Gasteiger partial charge < -0.3 is 10.1 Å². The maximum absolute atomic E-state index is 11.7. The smallest absolute Gasteiger partial charge is 0.374 e. The second kappa shape index (κ2) is 9.48. The van der Waals surface area contributed by atoms with Crippen molar-refractivity contribution in [3.05, 3.63) is 58.3 Å². The molecule has 1 amide bonds. The van der Waals surface area contributed by atoms with Crippen molar-refractivity contribution in [2.24, 2.45) is 0 Å². The number of rotatable bonds is 8. The number of amides is 1. The summed E-state index contributed by atoms with van der Waals surface area (Å²) in [7, 11) is 0. The Balaban J connectivity index is 1.64. The van der Waals surface area contributed by atoms with Crippen molar-refractivity contribution < 1.29 is 19.1 Å². The van der Waals surface area contributed by atoms with E-state index >= 15 is 0 Å². The Hall–Kier alpha value is -2.80. The number of hydrogen-bond acceptors (Lipinski definition) is 6. The highest BCUT2D eigenvalue weighted by Crippen LogP contribution is 2.08. The van der Waals surface area contributed by atoms with Gasteiger partial charge >= 0.3 is 5.97 Å². The van der Waals surface area contributed by atoms with Crippen LogP contribution in [0.3, 0.4) is 0 Å². The number of amidine groups is 1. The molecule has 2 N–H and O–H groups in total. The van der Waals surface area contributed by atoms with E-state index < -0.39 is 11.8 Å². The number of esters is 1. The van der Waals surface area contributed by atoms with Crippen molar-refractivity contribution in [2.75, 3.05) is 0 Å². The Morgan fingerprint density at radius 2 is 1.80 bits per heavy atom. The molecule has 2 rings (SSSR count). The molecule has 0 saturated carbocycles. The number of ketones is 1.